The number of nitrogens with one attached hydrogen (secondary N) is 1. The number of hydrogen-bond acceptors (Lipinski definition) is 3. The first-order valence-electron chi connectivity index (χ1n) is 5.54. The molecular formula is C12H18N4. The highest BCUT2D eigenvalue weighted by atomic mass is 15.0. The van der Waals surface area contributed by atoms with Crippen LogP contribution in [0, 0.1) is 0 Å². The number of imidazole rings is 1. The molecule has 0 aliphatic heterocycles. The van der Waals surface area contributed by atoms with Crippen LogP contribution in [0.2, 0.25) is 0 Å². The number of benzene rings is 1. The van der Waals surface area contributed by atoms with Gasteiger partial charge in [0.2, 0.25) is 0 Å². The fourth-order valence-electron chi connectivity index (χ4n) is 2.01. The standard InChI is InChI=1S/C12H18N4/c1-14-10(5-6-13)9-3-4-12-11(7-9)15-8-16(12)2/h3-4,7-8,10,14H,5-6,13H2,1-2H3. The van der Waals surface area contributed by atoms with Gasteiger partial charge in [0, 0.05) is 13.1 Å². The number of fused-ring (bicyclic) bond motifs is 1. The van der Waals surface area contributed by atoms with Gasteiger partial charge in [-0.05, 0) is 37.7 Å². The Hall–Kier alpha value is -1.39. The first-order valence-corrected chi connectivity index (χ1v) is 5.54. The Balaban J connectivity index is 2.37. The fourth-order valence-corrected chi connectivity index (χ4v) is 2.01. The smallest absolute Gasteiger partial charge is 0.0955 e. The van der Waals surface area contributed by atoms with Gasteiger partial charge in [0.15, 0.2) is 0 Å². The Morgan fingerprint density at radius 3 is 3.00 bits per heavy atom. The average Bonchev–Trinajstić information content (AvgIpc) is 2.67. The molecule has 0 radical (unpaired) electrons. The molecule has 0 amide bonds. The quantitative estimate of drug-likeness (QED) is 0.810. The van der Waals surface area contributed by atoms with Crippen LogP contribution in [-0.2, 0) is 7.05 Å². The van der Waals surface area contributed by atoms with Crippen LogP contribution in [-0.4, -0.2) is 23.1 Å². The first-order chi connectivity index (χ1) is 7.76. The Bertz CT molecular complexity index is 475. The number of aryl methyl sites for hydroxylation is 1. The lowest BCUT2D eigenvalue weighted by Gasteiger charge is -2.15. The van der Waals surface area contributed by atoms with Gasteiger partial charge in [-0.2, -0.15) is 0 Å². The molecule has 0 saturated carbocycles. The van der Waals surface area contributed by atoms with Crippen LogP contribution >= 0.6 is 0 Å². The molecule has 16 heavy (non-hydrogen) atoms. The molecule has 3 N–H and O–H groups in total. The number of hydrogen-bond donors (Lipinski definition) is 2. The predicted molar refractivity (Wildman–Crippen MR) is 66.2 cm³/mol. The summed E-state index contributed by atoms with van der Waals surface area (Å²) in [5.41, 5.74) is 9.05. The van der Waals surface area contributed by atoms with E-state index in [4.69, 9.17) is 5.73 Å². The molecule has 1 aromatic heterocycles. The summed E-state index contributed by atoms with van der Waals surface area (Å²) in [6.07, 6.45) is 2.78. The lowest BCUT2D eigenvalue weighted by molar-refractivity contribution is 0.557. The van der Waals surface area contributed by atoms with Crippen LogP contribution in [0.5, 0.6) is 0 Å². The second-order valence-corrected chi connectivity index (χ2v) is 4.02. The molecule has 1 atom stereocenters. The SMILES string of the molecule is CNC(CCN)c1ccc2c(c1)ncn2C. The van der Waals surface area contributed by atoms with E-state index in [2.05, 4.69) is 28.5 Å². The van der Waals surface area contributed by atoms with E-state index in [1.807, 2.05) is 25.0 Å². The zero-order chi connectivity index (χ0) is 11.5. The van der Waals surface area contributed by atoms with Crippen molar-refractivity contribution in [2.75, 3.05) is 13.6 Å². The van der Waals surface area contributed by atoms with Crippen molar-refractivity contribution in [1.82, 2.24) is 14.9 Å². The van der Waals surface area contributed by atoms with Crippen molar-refractivity contribution in [2.45, 2.75) is 12.5 Å². The summed E-state index contributed by atoms with van der Waals surface area (Å²) in [4.78, 5) is 4.36. The van der Waals surface area contributed by atoms with Gasteiger partial charge in [-0.25, -0.2) is 4.98 Å². The lowest BCUT2D eigenvalue weighted by atomic mass is 10.0. The summed E-state index contributed by atoms with van der Waals surface area (Å²) >= 11 is 0. The molecule has 0 saturated heterocycles. The van der Waals surface area contributed by atoms with Crippen LogP contribution in [0.3, 0.4) is 0 Å². The van der Waals surface area contributed by atoms with Crippen LogP contribution in [0.1, 0.15) is 18.0 Å². The first kappa shape index (κ1) is 11.1. The maximum absolute atomic E-state index is 5.60. The molecule has 1 unspecified atom stereocenters. The molecule has 4 nitrogen and oxygen atoms in total. The summed E-state index contributed by atoms with van der Waals surface area (Å²) in [5, 5.41) is 3.28. The molecule has 0 aliphatic carbocycles. The minimum absolute atomic E-state index is 0.316. The molecule has 1 heterocycles. The van der Waals surface area contributed by atoms with E-state index in [-0.39, 0.29) is 0 Å². The van der Waals surface area contributed by atoms with Gasteiger partial charge >= 0.3 is 0 Å². The molecule has 2 rings (SSSR count). The monoisotopic (exact) mass is 218 g/mol. The largest absolute Gasteiger partial charge is 0.334 e. The Kier molecular flexibility index (Phi) is 3.22. The van der Waals surface area contributed by atoms with E-state index in [1.54, 1.807) is 0 Å². The van der Waals surface area contributed by atoms with Gasteiger partial charge < -0.3 is 15.6 Å². The van der Waals surface area contributed by atoms with Gasteiger partial charge in [0.25, 0.3) is 0 Å². The summed E-state index contributed by atoms with van der Waals surface area (Å²) < 4.78 is 2.02. The van der Waals surface area contributed by atoms with Crippen molar-refractivity contribution < 1.29 is 0 Å². The Morgan fingerprint density at radius 1 is 1.50 bits per heavy atom. The van der Waals surface area contributed by atoms with E-state index in [0.29, 0.717) is 12.6 Å². The van der Waals surface area contributed by atoms with Crippen LogP contribution in [0.4, 0.5) is 0 Å². The van der Waals surface area contributed by atoms with Crippen molar-refractivity contribution in [1.29, 1.82) is 0 Å². The van der Waals surface area contributed by atoms with Crippen molar-refractivity contribution in [3.63, 3.8) is 0 Å². The zero-order valence-corrected chi connectivity index (χ0v) is 9.77. The molecule has 1 aromatic carbocycles. The van der Waals surface area contributed by atoms with Gasteiger partial charge in [-0.1, -0.05) is 6.07 Å². The molecule has 0 fully saturated rings. The maximum Gasteiger partial charge on any atom is 0.0955 e. The van der Waals surface area contributed by atoms with Crippen molar-refractivity contribution in [3.8, 4) is 0 Å². The Labute approximate surface area is 95.5 Å². The third-order valence-corrected chi connectivity index (χ3v) is 2.96. The molecule has 0 bridgehead atoms. The molecule has 0 spiro atoms. The topological polar surface area (TPSA) is 55.9 Å². The second kappa shape index (κ2) is 4.63. The van der Waals surface area contributed by atoms with Crippen molar-refractivity contribution in [3.05, 3.63) is 30.1 Å². The highest BCUT2D eigenvalue weighted by Crippen LogP contribution is 2.20. The lowest BCUT2D eigenvalue weighted by Crippen LogP contribution is -2.19. The summed E-state index contributed by atoms with van der Waals surface area (Å²) in [5.74, 6) is 0. The normalized spacial score (nSPS) is 13.2. The minimum Gasteiger partial charge on any atom is -0.334 e. The predicted octanol–water partition coefficient (Wildman–Crippen LogP) is 1.18. The van der Waals surface area contributed by atoms with E-state index in [0.717, 1.165) is 17.5 Å². The number of nitrogens with zero attached hydrogens (tertiary/aromatic N) is 2. The fraction of sp³-hybridized carbons (Fsp3) is 0.417. The van der Waals surface area contributed by atoms with Gasteiger partial charge in [0.1, 0.15) is 0 Å². The molecule has 86 valence electrons. The molecule has 0 aliphatic rings. The summed E-state index contributed by atoms with van der Waals surface area (Å²) in [6, 6.07) is 6.70. The minimum atomic E-state index is 0.316. The number of nitrogens with two attached hydrogens (primary N) is 1. The molecule has 2 aromatic rings. The summed E-state index contributed by atoms with van der Waals surface area (Å²) in [6.45, 7) is 0.686. The van der Waals surface area contributed by atoms with Gasteiger partial charge in [0.05, 0.1) is 17.4 Å². The second-order valence-electron chi connectivity index (χ2n) is 4.02. The molecular weight excluding hydrogens is 200 g/mol. The highest BCUT2D eigenvalue weighted by molar-refractivity contribution is 5.76. The third kappa shape index (κ3) is 1.94. The van der Waals surface area contributed by atoms with E-state index >= 15 is 0 Å². The van der Waals surface area contributed by atoms with Crippen molar-refractivity contribution >= 4 is 11.0 Å². The number of rotatable bonds is 4. The van der Waals surface area contributed by atoms with E-state index in [1.165, 1.54) is 5.56 Å². The van der Waals surface area contributed by atoms with Crippen molar-refractivity contribution in [2.24, 2.45) is 12.8 Å². The Morgan fingerprint density at radius 2 is 2.31 bits per heavy atom. The van der Waals surface area contributed by atoms with Crippen LogP contribution in [0.15, 0.2) is 24.5 Å². The van der Waals surface area contributed by atoms with E-state index in [9.17, 15) is 0 Å². The zero-order valence-electron chi connectivity index (χ0n) is 9.77. The maximum atomic E-state index is 5.60. The average molecular weight is 218 g/mol. The number of aromatic nitrogens is 2. The summed E-state index contributed by atoms with van der Waals surface area (Å²) in [7, 11) is 3.97. The third-order valence-electron chi connectivity index (χ3n) is 2.96. The van der Waals surface area contributed by atoms with Crippen LogP contribution < -0.4 is 11.1 Å². The van der Waals surface area contributed by atoms with Gasteiger partial charge in [-0.15, -0.1) is 0 Å². The molecule has 4 heteroatoms. The van der Waals surface area contributed by atoms with Gasteiger partial charge in [-0.3, -0.25) is 0 Å². The van der Waals surface area contributed by atoms with Crippen LogP contribution in [0.25, 0.3) is 11.0 Å². The van der Waals surface area contributed by atoms with E-state index < -0.39 is 0 Å². The highest BCUT2D eigenvalue weighted by Gasteiger charge is 2.09.